The van der Waals surface area contributed by atoms with Gasteiger partial charge in [0.05, 0.1) is 6.04 Å². The fourth-order valence-corrected chi connectivity index (χ4v) is 3.45. The average Bonchev–Trinajstić information content (AvgIpc) is 3.50. The molecular weight excluding hydrogens is 330 g/mol. The Morgan fingerprint density at radius 3 is 2.42 bits per heavy atom. The van der Waals surface area contributed by atoms with Crippen molar-refractivity contribution >= 4 is 12.0 Å². The summed E-state index contributed by atoms with van der Waals surface area (Å²) in [5, 5.41) is 0. The van der Waals surface area contributed by atoms with Crippen LogP contribution in [0.5, 0.6) is 0 Å². The van der Waals surface area contributed by atoms with Gasteiger partial charge in [-0.1, -0.05) is 30.3 Å². The van der Waals surface area contributed by atoms with E-state index in [1.54, 1.807) is 11.8 Å². The van der Waals surface area contributed by atoms with Gasteiger partial charge in [-0.15, -0.1) is 0 Å². The highest BCUT2D eigenvalue weighted by molar-refractivity contribution is 5.81. The van der Waals surface area contributed by atoms with Gasteiger partial charge >= 0.3 is 6.09 Å². The molecule has 0 bridgehead atoms. The molecule has 1 aromatic carbocycles. The van der Waals surface area contributed by atoms with Crippen LogP contribution in [0.1, 0.15) is 38.2 Å². The van der Waals surface area contributed by atoms with Crippen LogP contribution in [0.15, 0.2) is 30.3 Å². The highest BCUT2D eigenvalue weighted by atomic mass is 16.6. The standard InChI is InChI=1S/C20H29N3O3/c1-15(21)19(24)23(18-7-8-18)13-16-9-11-22(12-10-16)20(25)26-14-17-5-3-2-4-6-17/h2-6,15-16,18H,7-14,21H2,1H3. The highest BCUT2D eigenvalue weighted by Crippen LogP contribution is 2.30. The van der Waals surface area contributed by atoms with Crippen LogP contribution in [-0.4, -0.2) is 53.5 Å². The number of amides is 2. The summed E-state index contributed by atoms with van der Waals surface area (Å²) in [6, 6.07) is 9.64. The summed E-state index contributed by atoms with van der Waals surface area (Å²) >= 11 is 0. The largest absolute Gasteiger partial charge is 0.445 e. The first-order chi connectivity index (χ1) is 12.5. The van der Waals surface area contributed by atoms with Crippen molar-refractivity contribution in [3.05, 3.63) is 35.9 Å². The van der Waals surface area contributed by atoms with Crippen molar-refractivity contribution in [2.45, 2.75) is 51.3 Å². The minimum atomic E-state index is -0.441. The molecule has 1 aliphatic carbocycles. The van der Waals surface area contributed by atoms with Crippen LogP contribution in [0.4, 0.5) is 4.79 Å². The SMILES string of the molecule is CC(N)C(=O)N(CC1CCN(C(=O)OCc2ccccc2)CC1)C1CC1. The Kier molecular flexibility index (Phi) is 6.14. The Hall–Kier alpha value is -2.08. The predicted molar refractivity (Wildman–Crippen MR) is 99.3 cm³/mol. The number of ether oxygens (including phenoxy) is 1. The summed E-state index contributed by atoms with van der Waals surface area (Å²) in [6.45, 7) is 4.19. The van der Waals surface area contributed by atoms with Crippen molar-refractivity contribution in [1.82, 2.24) is 9.80 Å². The number of piperidine rings is 1. The number of hydrogen-bond donors (Lipinski definition) is 1. The van der Waals surface area contributed by atoms with Gasteiger partial charge in [-0.3, -0.25) is 4.79 Å². The van der Waals surface area contributed by atoms with Gasteiger partial charge in [0, 0.05) is 25.7 Å². The molecule has 1 atom stereocenters. The van der Waals surface area contributed by atoms with Crippen molar-refractivity contribution in [2.24, 2.45) is 11.7 Å². The lowest BCUT2D eigenvalue weighted by Crippen LogP contribution is -2.47. The maximum atomic E-state index is 12.3. The van der Waals surface area contributed by atoms with E-state index in [-0.39, 0.29) is 12.0 Å². The van der Waals surface area contributed by atoms with Crippen LogP contribution in [0.2, 0.25) is 0 Å². The summed E-state index contributed by atoms with van der Waals surface area (Å²) < 4.78 is 5.41. The van der Waals surface area contributed by atoms with Crippen molar-refractivity contribution in [2.75, 3.05) is 19.6 Å². The number of nitrogens with two attached hydrogens (primary N) is 1. The summed E-state index contributed by atoms with van der Waals surface area (Å²) in [6.07, 6.45) is 3.72. The zero-order valence-electron chi connectivity index (χ0n) is 15.5. The Bertz CT molecular complexity index is 608. The van der Waals surface area contributed by atoms with Gasteiger partial charge in [-0.25, -0.2) is 4.79 Å². The Morgan fingerprint density at radius 1 is 1.19 bits per heavy atom. The first-order valence-electron chi connectivity index (χ1n) is 9.56. The molecule has 0 radical (unpaired) electrons. The minimum Gasteiger partial charge on any atom is -0.445 e. The van der Waals surface area contributed by atoms with E-state index in [1.807, 2.05) is 35.2 Å². The van der Waals surface area contributed by atoms with E-state index >= 15 is 0 Å². The molecule has 1 saturated heterocycles. The van der Waals surface area contributed by atoms with Crippen LogP contribution >= 0.6 is 0 Å². The molecule has 2 amide bonds. The smallest absolute Gasteiger partial charge is 0.410 e. The topological polar surface area (TPSA) is 75.9 Å². The summed E-state index contributed by atoms with van der Waals surface area (Å²) in [7, 11) is 0. The molecule has 1 aliphatic heterocycles. The second-order valence-electron chi connectivity index (χ2n) is 7.48. The lowest BCUT2D eigenvalue weighted by Gasteiger charge is -2.35. The fourth-order valence-electron chi connectivity index (χ4n) is 3.45. The third-order valence-corrected chi connectivity index (χ3v) is 5.19. The molecule has 2 fully saturated rings. The number of carbonyl (C=O) groups is 2. The first-order valence-corrected chi connectivity index (χ1v) is 9.56. The molecular formula is C20H29N3O3. The van der Waals surface area contributed by atoms with Crippen LogP contribution in [0.25, 0.3) is 0 Å². The number of rotatable bonds is 6. The maximum Gasteiger partial charge on any atom is 0.410 e. The van der Waals surface area contributed by atoms with Crippen LogP contribution in [0, 0.1) is 5.92 Å². The summed E-state index contributed by atoms with van der Waals surface area (Å²) in [5.41, 5.74) is 6.78. The van der Waals surface area contributed by atoms with Gasteiger partial charge in [0.25, 0.3) is 0 Å². The predicted octanol–water partition coefficient (Wildman–Crippen LogP) is 2.37. The van der Waals surface area contributed by atoms with Crippen molar-refractivity contribution < 1.29 is 14.3 Å². The number of likely N-dealkylation sites (tertiary alicyclic amines) is 1. The molecule has 0 aromatic heterocycles. The average molecular weight is 359 g/mol. The number of carbonyl (C=O) groups excluding carboxylic acids is 2. The Balaban J connectivity index is 1.43. The van der Waals surface area contributed by atoms with Gasteiger partial charge < -0.3 is 20.3 Å². The number of hydrogen-bond acceptors (Lipinski definition) is 4. The van der Waals surface area contributed by atoms with E-state index in [4.69, 9.17) is 10.5 Å². The van der Waals surface area contributed by atoms with Crippen molar-refractivity contribution in [3.8, 4) is 0 Å². The Labute approximate surface area is 155 Å². The first kappa shape index (κ1) is 18.7. The summed E-state index contributed by atoms with van der Waals surface area (Å²) in [5.74, 6) is 0.480. The van der Waals surface area contributed by atoms with E-state index in [9.17, 15) is 9.59 Å². The molecule has 0 spiro atoms. The van der Waals surface area contributed by atoms with E-state index in [2.05, 4.69) is 0 Å². The quantitative estimate of drug-likeness (QED) is 0.846. The Morgan fingerprint density at radius 2 is 1.85 bits per heavy atom. The lowest BCUT2D eigenvalue weighted by molar-refractivity contribution is -0.133. The molecule has 1 heterocycles. The van der Waals surface area contributed by atoms with Crippen LogP contribution < -0.4 is 5.73 Å². The lowest BCUT2D eigenvalue weighted by atomic mass is 9.96. The second kappa shape index (κ2) is 8.54. The zero-order chi connectivity index (χ0) is 18.5. The number of benzene rings is 1. The molecule has 1 aromatic rings. The molecule has 2 aliphatic rings. The molecule has 6 nitrogen and oxygen atoms in total. The second-order valence-corrected chi connectivity index (χ2v) is 7.48. The zero-order valence-corrected chi connectivity index (χ0v) is 15.5. The molecule has 3 rings (SSSR count). The van der Waals surface area contributed by atoms with E-state index in [1.165, 1.54) is 0 Å². The van der Waals surface area contributed by atoms with Crippen LogP contribution in [-0.2, 0) is 16.1 Å². The molecule has 1 unspecified atom stereocenters. The van der Waals surface area contributed by atoms with Gasteiger partial charge in [0.2, 0.25) is 5.91 Å². The van der Waals surface area contributed by atoms with Gasteiger partial charge in [0.15, 0.2) is 0 Å². The van der Waals surface area contributed by atoms with Crippen LogP contribution in [0.3, 0.4) is 0 Å². The monoisotopic (exact) mass is 359 g/mol. The third kappa shape index (κ3) is 4.97. The van der Waals surface area contributed by atoms with E-state index < -0.39 is 6.04 Å². The van der Waals surface area contributed by atoms with Crippen molar-refractivity contribution in [3.63, 3.8) is 0 Å². The van der Waals surface area contributed by atoms with Gasteiger partial charge in [0.1, 0.15) is 6.61 Å². The maximum absolute atomic E-state index is 12.3. The number of nitrogens with zero attached hydrogens (tertiary/aromatic N) is 2. The third-order valence-electron chi connectivity index (χ3n) is 5.19. The molecule has 2 N–H and O–H groups in total. The fraction of sp³-hybridized carbons (Fsp3) is 0.600. The summed E-state index contributed by atoms with van der Waals surface area (Å²) in [4.78, 5) is 28.3. The molecule has 6 heteroatoms. The highest BCUT2D eigenvalue weighted by Gasteiger charge is 2.36. The molecule has 142 valence electrons. The molecule has 1 saturated carbocycles. The van der Waals surface area contributed by atoms with Crippen molar-refractivity contribution in [1.29, 1.82) is 0 Å². The van der Waals surface area contributed by atoms with E-state index in [0.29, 0.717) is 31.7 Å². The molecule has 26 heavy (non-hydrogen) atoms. The van der Waals surface area contributed by atoms with E-state index in [0.717, 1.165) is 37.8 Å². The van der Waals surface area contributed by atoms with Gasteiger partial charge in [-0.2, -0.15) is 0 Å². The van der Waals surface area contributed by atoms with Gasteiger partial charge in [-0.05, 0) is 44.1 Å². The normalized spacial score (nSPS) is 19.1. The minimum absolute atomic E-state index is 0.0530.